The molecule has 4 atom stereocenters. The van der Waals surface area contributed by atoms with Crippen LogP contribution in [0.25, 0.3) is 0 Å². The molecule has 90 valence electrons. The fourth-order valence-electron chi connectivity index (χ4n) is 2.92. The second kappa shape index (κ2) is 6.52. The van der Waals surface area contributed by atoms with Gasteiger partial charge in [0.15, 0.2) is 0 Å². The monoisotopic (exact) mass is 211 g/mol. The van der Waals surface area contributed by atoms with E-state index < -0.39 is 0 Å². The van der Waals surface area contributed by atoms with Gasteiger partial charge in [0.1, 0.15) is 0 Å². The smallest absolute Gasteiger partial charge is 0.00978 e. The van der Waals surface area contributed by atoms with E-state index in [9.17, 15) is 0 Å². The van der Waals surface area contributed by atoms with Crippen molar-refractivity contribution >= 4 is 0 Å². The van der Waals surface area contributed by atoms with Crippen LogP contribution in [-0.2, 0) is 0 Å². The van der Waals surface area contributed by atoms with Gasteiger partial charge in [0.25, 0.3) is 0 Å². The first-order valence-electron chi connectivity index (χ1n) is 6.90. The van der Waals surface area contributed by atoms with Crippen LogP contribution in [0.15, 0.2) is 0 Å². The number of hydrogen-bond donors (Lipinski definition) is 1. The van der Waals surface area contributed by atoms with E-state index in [1.165, 1.54) is 32.1 Å². The zero-order chi connectivity index (χ0) is 11.3. The summed E-state index contributed by atoms with van der Waals surface area (Å²) in [5.74, 6) is 2.80. The maximum atomic E-state index is 3.71. The van der Waals surface area contributed by atoms with Gasteiger partial charge < -0.3 is 5.32 Å². The lowest BCUT2D eigenvalue weighted by Gasteiger charge is -2.27. The summed E-state index contributed by atoms with van der Waals surface area (Å²) in [6.07, 6.45) is 7.06. The van der Waals surface area contributed by atoms with Crippen molar-refractivity contribution in [2.75, 3.05) is 6.54 Å². The van der Waals surface area contributed by atoms with Gasteiger partial charge in [-0.25, -0.2) is 0 Å². The summed E-state index contributed by atoms with van der Waals surface area (Å²) < 4.78 is 0. The molecule has 1 aliphatic rings. The maximum Gasteiger partial charge on any atom is 0.00978 e. The zero-order valence-electron chi connectivity index (χ0n) is 11.1. The molecule has 1 N–H and O–H groups in total. The largest absolute Gasteiger partial charge is 0.314 e. The van der Waals surface area contributed by atoms with E-state index >= 15 is 0 Å². The average Bonchev–Trinajstić information content (AvgIpc) is 2.64. The van der Waals surface area contributed by atoms with E-state index in [-0.39, 0.29) is 0 Å². The van der Waals surface area contributed by atoms with Gasteiger partial charge >= 0.3 is 0 Å². The first kappa shape index (κ1) is 13.0. The fraction of sp³-hybridized carbons (Fsp3) is 1.00. The third kappa shape index (κ3) is 4.14. The summed E-state index contributed by atoms with van der Waals surface area (Å²) in [5.41, 5.74) is 0. The molecular weight excluding hydrogens is 182 g/mol. The zero-order valence-corrected chi connectivity index (χ0v) is 11.1. The normalized spacial score (nSPS) is 30.4. The molecule has 1 fully saturated rings. The predicted octanol–water partition coefficient (Wildman–Crippen LogP) is 3.84. The van der Waals surface area contributed by atoms with Crippen molar-refractivity contribution in [3.63, 3.8) is 0 Å². The van der Waals surface area contributed by atoms with Crippen LogP contribution in [0.2, 0.25) is 0 Å². The molecule has 1 nitrogen and oxygen atoms in total. The van der Waals surface area contributed by atoms with Crippen molar-refractivity contribution in [2.24, 2.45) is 17.8 Å². The minimum atomic E-state index is 0.787. The first-order chi connectivity index (χ1) is 7.17. The highest BCUT2D eigenvalue weighted by atomic mass is 14.9. The molecule has 1 heteroatoms. The van der Waals surface area contributed by atoms with Crippen molar-refractivity contribution in [1.82, 2.24) is 5.32 Å². The highest BCUT2D eigenvalue weighted by Crippen LogP contribution is 2.34. The molecule has 0 aromatic rings. The standard InChI is InChI=1S/C14H29N/c1-5-11(3)10-14(15-6-2)13-8-7-12(4)9-13/h11-15H,5-10H2,1-4H3. The Morgan fingerprint density at radius 3 is 2.47 bits per heavy atom. The van der Waals surface area contributed by atoms with Crippen LogP contribution in [0.1, 0.15) is 59.8 Å². The Morgan fingerprint density at radius 2 is 2.00 bits per heavy atom. The van der Waals surface area contributed by atoms with E-state index in [0.717, 1.165) is 30.3 Å². The lowest BCUT2D eigenvalue weighted by Crippen LogP contribution is -2.36. The van der Waals surface area contributed by atoms with Crippen molar-refractivity contribution in [3.05, 3.63) is 0 Å². The minimum Gasteiger partial charge on any atom is -0.314 e. The van der Waals surface area contributed by atoms with Gasteiger partial charge in [-0.3, -0.25) is 0 Å². The summed E-state index contributed by atoms with van der Waals surface area (Å²) in [6, 6.07) is 0.787. The molecule has 15 heavy (non-hydrogen) atoms. The Bertz CT molecular complexity index is 167. The molecule has 0 saturated heterocycles. The molecule has 0 radical (unpaired) electrons. The van der Waals surface area contributed by atoms with Gasteiger partial charge in [0.2, 0.25) is 0 Å². The van der Waals surface area contributed by atoms with Gasteiger partial charge in [-0.1, -0.05) is 40.5 Å². The fourth-order valence-corrected chi connectivity index (χ4v) is 2.92. The first-order valence-corrected chi connectivity index (χ1v) is 6.90. The van der Waals surface area contributed by atoms with Crippen molar-refractivity contribution < 1.29 is 0 Å². The molecule has 0 heterocycles. The quantitative estimate of drug-likeness (QED) is 0.704. The molecule has 4 unspecified atom stereocenters. The lowest BCUT2D eigenvalue weighted by molar-refractivity contribution is 0.297. The minimum absolute atomic E-state index is 0.787. The highest BCUT2D eigenvalue weighted by Gasteiger charge is 2.28. The topological polar surface area (TPSA) is 12.0 Å². The molecule has 1 aliphatic carbocycles. The van der Waals surface area contributed by atoms with Crippen molar-refractivity contribution in [1.29, 1.82) is 0 Å². The van der Waals surface area contributed by atoms with Gasteiger partial charge in [0, 0.05) is 6.04 Å². The Hall–Kier alpha value is -0.0400. The third-order valence-electron chi connectivity index (χ3n) is 4.12. The molecule has 0 aliphatic heterocycles. The molecule has 1 rings (SSSR count). The van der Waals surface area contributed by atoms with Gasteiger partial charge in [0.05, 0.1) is 0 Å². The van der Waals surface area contributed by atoms with Crippen LogP contribution in [0.5, 0.6) is 0 Å². The van der Waals surface area contributed by atoms with E-state index in [2.05, 4.69) is 33.0 Å². The van der Waals surface area contributed by atoms with Crippen LogP contribution >= 0.6 is 0 Å². The molecule has 0 amide bonds. The van der Waals surface area contributed by atoms with Crippen LogP contribution in [0.4, 0.5) is 0 Å². The second-order valence-corrected chi connectivity index (χ2v) is 5.59. The van der Waals surface area contributed by atoms with Crippen LogP contribution < -0.4 is 5.32 Å². The molecule has 0 spiro atoms. The predicted molar refractivity (Wildman–Crippen MR) is 68.0 cm³/mol. The molecule has 0 aromatic heterocycles. The van der Waals surface area contributed by atoms with E-state index in [1.54, 1.807) is 0 Å². The Labute approximate surface area is 96.0 Å². The number of nitrogens with one attached hydrogen (secondary N) is 1. The molecule has 1 saturated carbocycles. The summed E-state index contributed by atoms with van der Waals surface area (Å²) >= 11 is 0. The highest BCUT2D eigenvalue weighted by molar-refractivity contribution is 4.84. The third-order valence-corrected chi connectivity index (χ3v) is 4.12. The van der Waals surface area contributed by atoms with Gasteiger partial charge in [-0.2, -0.15) is 0 Å². The van der Waals surface area contributed by atoms with E-state index in [0.29, 0.717) is 0 Å². The van der Waals surface area contributed by atoms with Crippen molar-refractivity contribution in [2.45, 2.75) is 65.8 Å². The summed E-state index contributed by atoms with van der Waals surface area (Å²) in [4.78, 5) is 0. The molecule has 0 bridgehead atoms. The SMILES string of the molecule is CCNC(CC(C)CC)C1CCC(C)C1. The van der Waals surface area contributed by atoms with Crippen LogP contribution in [0, 0.1) is 17.8 Å². The maximum absolute atomic E-state index is 3.71. The Balaban J connectivity index is 2.42. The average molecular weight is 211 g/mol. The number of rotatable bonds is 6. The Morgan fingerprint density at radius 1 is 1.27 bits per heavy atom. The van der Waals surface area contributed by atoms with Crippen LogP contribution in [0.3, 0.4) is 0 Å². The van der Waals surface area contributed by atoms with Gasteiger partial charge in [-0.05, 0) is 43.6 Å². The van der Waals surface area contributed by atoms with E-state index in [1.807, 2.05) is 0 Å². The Kier molecular flexibility index (Phi) is 5.66. The van der Waals surface area contributed by atoms with Crippen LogP contribution in [-0.4, -0.2) is 12.6 Å². The summed E-state index contributed by atoms with van der Waals surface area (Å²) in [6.45, 7) is 10.5. The molecular formula is C14H29N. The van der Waals surface area contributed by atoms with Crippen molar-refractivity contribution in [3.8, 4) is 0 Å². The summed E-state index contributed by atoms with van der Waals surface area (Å²) in [7, 11) is 0. The lowest BCUT2D eigenvalue weighted by atomic mass is 9.88. The molecule has 0 aromatic carbocycles. The summed E-state index contributed by atoms with van der Waals surface area (Å²) in [5, 5.41) is 3.71. The van der Waals surface area contributed by atoms with E-state index in [4.69, 9.17) is 0 Å². The number of hydrogen-bond acceptors (Lipinski definition) is 1. The van der Waals surface area contributed by atoms with Gasteiger partial charge in [-0.15, -0.1) is 0 Å². The second-order valence-electron chi connectivity index (χ2n) is 5.59.